The summed E-state index contributed by atoms with van der Waals surface area (Å²) in [4.78, 5) is 1.27. The maximum Gasteiger partial charge on any atom is 0.134 e. The highest BCUT2D eigenvalue weighted by molar-refractivity contribution is 7.99. The molecule has 1 heterocycles. The lowest BCUT2D eigenvalue weighted by atomic mass is 10.1. The lowest BCUT2D eigenvalue weighted by Crippen LogP contribution is -2.28. The monoisotopic (exact) mass is 298 g/mol. The van der Waals surface area contributed by atoms with Crippen LogP contribution in [-0.4, -0.2) is 5.75 Å². The third kappa shape index (κ3) is 2.97. The van der Waals surface area contributed by atoms with Gasteiger partial charge in [0.05, 0.1) is 0 Å². The summed E-state index contributed by atoms with van der Waals surface area (Å²) in [6, 6.07) is 18.3. The molecule has 0 radical (unpaired) electrons. The SMILES string of the molecule is CCSc1ccc(C(NN)c2cc3ccccc3o2)cc1. The topological polar surface area (TPSA) is 51.2 Å². The maximum absolute atomic E-state index is 5.91. The number of thioether (sulfide) groups is 1. The highest BCUT2D eigenvalue weighted by Gasteiger charge is 2.17. The molecule has 108 valence electrons. The molecular weight excluding hydrogens is 280 g/mol. The third-order valence-corrected chi connectivity index (χ3v) is 4.31. The van der Waals surface area contributed by atoms with Crippen molar-refractivity contribution in [3.8, 4) is 0 Å². The van der Waals surface area contributed by atoms with Gasteiger partial charge in [-0.2, -0.15) is 0 Å². The Balaban J connectivity index is 1.93. The highest BCUT2D eigenvalue weighted by atomic mass is 32.2. The number of nitrogens with two attached hydrogens (primary N) is 1. The zero-order valence-electron chi connectivity index (χ0n) is 11.9. The number of hydrogen-bond acceptors (Lipinski definition) is 4. The zero-order chi connectivity index (χ0) is 14.7. The van der Waals surface area contributed by atoms with Crippen LogP contribution in [0.25, 0.3) is 11.0 Å². The van der Waals surface area contributed by atoms with Crippen molar-refractivity contribution in [2.75, 3.05) is 5.75 Å². The van der Waals surface area contributed by atoms with E-state index in [1.807, 2.05) is 42.1 Å². The van der Waals surface area contributed by atoms with Crippen molar-refractivity contribution in [2.24, 2.45) is 5.84 Å². The largest absolute Gasteiger partial charge is 0.459 e. The highest BCUT2D eigenvalue weighted by Crippen LogP contribution is 2.29. The van der Waals surface area contributed by atoms with E-state index in [4.69, 9.17) is 10.3 Å². The molecule has 3 N–H and O–H groups in total. The molecule has 3 aromatic rings. The van der Waals surface area contributed by atoms with Crippen molar-refractivity contribution < 1.29 is 4.42 Å². The standard InChI is InChI=1S/C17H18N2OS/c1-2-21-14-9-7-12(8-10-14)17(19-18)16-11-13-5-3-4-6-15(13)20-16/h3-11,17,19H,2,18H2,1H3. The lowest BCUT2D eigenvalue weighted by Gasteiger charge is -2.14. The van der Waals surface area contributed by atoms with Crippen LogP contribution < -0.4 is 11.3 Å². The Hall–Kier alpha value is -1.75. The molecule has 3 rings (SSSR count). The number of furan rings is 1. The van der Waals surface area contributed by atoms with E-state index in [0.29, 0.717) is 0 Å². The molecule has 0 aliphatic heterocycles. The fourth-order valence-electron chi connectivity index (χ4n) is 2.41. The van der Waals surface area contributed by atoms with Gasteiger partial charge in [0.1, 0.15) is 17.4 Å². The van der Waals surface area contributed by atoms with Gasteiger partial charge in [0.2, 0.25) is 0 Å². The van der Waals surface area contributed by atoms with Crippen LogP contribution in [0.2, 0.25) is 0 Å². The second-order valence-electron chi connectivity index (χ2n) is 4.79. The molecule has 4 heteroatoms. The van der Waals surface area contributed by atoms with Gasteiger partial charge in [0, 0.05) is 10.3 Å². The van der Waals surface area contributed by atoms with Gasteiger partial charge in [0.15, 0.2) is 0 Å². The Morgan fingerprint density at radius 1 is 1.14 bits per heavy atom. The first kappa shape index (κ1) is 14.2. The first-order chi connectivity index (χ1) is 10.3. The second-order valence-corrected chi connectivity index (χ2v) is 6.13. The molecule has 1 unspecified atom stereocenters. The van der Waals surface area contributed by atoms with E-state index in [1.165, 1.54) is 4.90 Å². The zero-order valence-corrected chi connectivity index (χ0v) is 12.7. The molecule has 0 amide bonds. The molecule has 2 aromatic carbocycles. The maximum atomic E-state index is 5.91. The molecule has 0 spiro atoms. The number of hydrogen-bond donors (Lipinski definition) is 2. The van der Waals surface area contributed by atoms with Crippen LogP contribution >= 0.6 is 11.8 Å². The summed E-state index contributed by atoms with van der Waals surface area (Å²) in [6.45, 7) is 2.15. The fourth-order valence-corrected chi connectivity index (χ4v) is 3.07. The van der Waals surface area contributed by atoms with Crippen molar-refractivity contribution in [1.82, 2.24) is 5.43 Å². The van der Waals surface area contributed by atoms with E-state index in [2.05, 4.69) is 36.6 Å². The summed E-state index contributed by atoms with van der Waals surface area (Å²) in [5.74, 6) is 7.64. The summed E-state index contributed by atoms with van der Waals surface area (Å²) in [5, 5.41) is 1.09. The Morgan fingerprint density at radius 2 is 1.90 bits per heavy atom. The lowest BCUT2D eigenvalue weighted by molar-refractivity contribution is 0.477. The van der Waals surface area contributed by atoms with Crippen molar-refractivity contribution in [1.29, 1.82) is 0 Å². The Bertz CT molecular complexity index is 688. The van der Waals surface area contributed by atoms with Crippen LogP contribution in [-0.2, 0) is 0 Å². The molecule has 0 fully saturated rings. The van der Waals surface area contributed by atoms with E-state index < -0.39 is 0 Å². The number of hydrazine groups is 1. The van der Waals surface area contributed by atoms with Crippen LogP contribution in [0.15, 0.2) is 63.9 Å². The van der Waals surface area contributed by atoms with Gasteiger partial charge in [0.25, 0.3) is 0 Å². The third-order valence-electron chi connectivity index (χ3n) is 3.42. The van der Waals surface area contributed by atoms with Crippen LogP contribution in [0.3, 0.4) is 0 Å². The van der Waals surface area contributed by atoms with E-state index in [1.54, 1.807) is 0 Å². The van der Waals surface area contributed by atoms with Crippen LogP contribution in [0.5, 0.6) is 0 Å². The molecule has 1 aromatic heterocycles. The van der Waals surface area contributed by atoms with Gasteiger partial charge < -0.3 is 4.42 Å². The molecule has 1 atom stereocenters. The first-order valence-corrected chi connectivity index (χ1v) is 7.97. The van der Waals surface area contributed by atoms with E-state index in [0.717, 1.165) is 28.0 Å². The van der Waals surface area contributed by atoms with Crippen molar-refractivity contribution in [3.63, 3.8) is 0 Å². The van der Waals surface area contributed by atoms with Gasteiger partial charge >= 0.3 is 0 Å². The Labute approximate surface area is 128 Å². The number of benzene rings is 2. The van der Waals surface area contributed by atoms with Gasteiger partial charge in [-0.15, -0.1) is 11.8 Å². The van der Waals surface area contributed by atoms with Gasteiger partial charge in [-0.05, 0) is 35.6 Å². The van der Waals surface area contributed by atoms with Crippen LogP contribution in [0.1, 0.15) is 24.3 Å². The Kier molecular flexibility index (Phi) is 4.29. The summed E-state index contributed by atoms with van der Waals surface area (Å²) in [5.41, 5.74) is 4.82. The summed E-state index contributed by atoms with van der Waals surface area (Å²) in [6.07, 6.45) is 0. The molecule has 21 heavy (non-hydrogen) atoms. The molecule has 0 saturated carbocycles. The predicted octanol–water partition coefficient (Wildman–Crippen LogP) is 4.10. The van der Waals surface area contributed by atoms with E-state index in [-0.39, 0.29) is 6.04 Å². The van der Waals surface area contributed by atoms with Gasteiger partial charge in [-0.25, -0.2) is 5.43 Å². The van der Waals surface area contributed by atoms with Crippen molar-refractivity contribution in [2.45, 2.75) is 17.9 Å². The van der Waals surface area contributed by atoms with E-state index >= 15 is 0 Å². The average Bonchev–Trinajstić information content (AvgIpc) is 2.93. The van der Waals surface area contributed by atoms with E-state index in [9.17, 15) is 0 Å². The smallest absolute Gasteiger partial charge is 0.134 e. The summed E-state index contributed by atoms with van der Waals surface area (Å²) in [7, 11) is 0. The molecule has 0 aliphatic carbocycles. The predicted molar refractivity (Wildman–Crippen MR) is 88.2 cm³/mol. The van der Waals surface area contributed by atoms with Crippen molar-refractivity contribution in [3.05, 3.63) is 65.9 Å². The normalized spacial score (nSPS) is 12.7. The van der Waals surface area contributed by atoms with Crippen LogP contribution in [0.4, 0.5) is 0 Å². The van der Waals surface area contributed by atoms with Crippen LogP contribution in [0, 0.1) is 0 Å². The molecular formula is C17H18N2OS. The number of para-hydroxylation sites is 1. The number of fused-ring (bicyclic) bond motifs is 1. The molecule has 0 bridgehead atoms. The minimum absolute atomic E-state index is 0.141. The molecule has 0 saturated heterocycles. The summed E-state index contributed by atoms with van der Waals surface area (Å²) >= 11 is 1.83. The molecule has 3 nitrogen and oxygen atoms in total. The quantitative estimate of drug-likeness (QED) is 0.423. The minimum Gasteiger partial charge on any atom is -0.459 e. The van der Waals surface area contributed by atoms with Crippen molar-refractivity contribution >= 4 is 22.7 Å². The average molecular weight is 298 g/mol. The molecule has 0 aliphatic rings. The Morgan fingerprint density at radius 3 is 2.57 bits per heavy atom. The van der Waals surface area contributed by atoms with Gasteiger partial charge in [-0.3, -0.25) is 5.84 Å². The minimum atomic E-state index is -0.141. The summed E-state index contributed by atoms with van der Waals surface area (Å²) < 4.78 is 5.91. The number of rotatable bonds is 5. The fraction of sp³-hybridized carbons (Fsp3) is 0.176. The number of nitrogens with one attached hydrogen (secondary N) is 1. The first-order valence-electron chi connectivity index (χ1n) is 6.99. The second kappa shape index (κ2) is 6.35. The van der Waals surface area contributed by atoms with Gasteiger partial charge in [-0.1, -0.05) is 37.3 Å².